The average molecular weight is 212 g/mol. The molecule has 0 saturated heterocycles. The van der Waals surface area contributed by atoms with Gasteiger partial charge < -0.3 is 0 Å². The van der Waals surface area contributed by atoms with Crippen LogP contribution in [0.5, 0.6) is 0 Å². The van der Waals surface area contributed by atoms with E-state index >= 15 is 0 Å². The van der Waals surface area contributed by atoms with Gasteiger partial charge in [0.05, 0.1) is 5.41 Å². The van der Waals surface area contributed by atoms with Crippen LogP contribution in [-0.4, -0.2) is 5.78 Å². The topological polar surface area (TPSA) is 17.1 Å². The van der Waals surface area contributed by atoms with E-state index in [0.717, 1.165) is 24.8 Å². The van der Waals surface area contributed by atoms with Crippen LogP contribution in [-0.2, 0) is 4.79 Å². The fraction of sp³-hybridized carbons (Fsp3) is 0.400. The Hall–Kier alpha value is -1.55. The van der Waals surface area contributed by atoms with Gasteiger partial charge in [0.25, 0.3) is 0 Å². The Bertz CT molecular complexity index is 429. The summed E-state index contributed by atoms with van der Waals surface area (Å²) < 4.78 is 0. The number of hydrogen-bond donors (Lipinski definition) is 0. The van der Waals surface area contributed by atoms with Crippen molar-refractivity contribution in [1.29, 1.82) is 0 Å². The zero-order valence-corrected chi connectivity index (χ0v) is 9.62. The Morgan fingerprint density at radius 3 is 2.56 bits per heavy atom. The summed E-state index contributed by atoms with van der Waals surface area (Å²) in [5.74, 6) is 6.62. The molecule has 16 heavy (non-hydrogen) atoms. The molecule has 0 bridgehead atoms. The van der Waals surface area contributed by atoms with Gasteiger partial charge >= 0.3 is 0 Å². The van der Waals surface area contributed by atoms with Crippen LogP contribution < -0.4 is 0 Å². The first-order valence-electron chi connectivity index (χ1n) is 5.88. The third kappa shape index (κ3) is 2.33. The van der Waals surface area contributed by atoms with E-state index in [-0.39, 0.29) is 5.41 Å². The molecule has 0 aliphatic heterocycles. The first-order valence-corrected chi connectivity index (χ1v) is 5.88. The summed E-state index contributed by atoms with van der Waals surface area (Å²) in [7, 11) is 0. The van der Waals surface area contributed by atoms with Crippen molar-refractivity contribution in [1.82, 2.24) is 0 Å². The molecule has 1 nitrogen and oxygen atoms in total. The second-order valence-electron chi connectivity index (χ2n) is 4.37. The minimum Gasteiger partial charge on any atom is -0.298 e. The van der Waals surface area contributed by atoms with E-state index in [9.17, 15) is 4.79 Å². The van der Waals surface area contributed by atoms with E-state index in [0.29, 0.717) is 12.2 Å². The van der Waals surface area contributed by atoms with Crippen molar-refractivity contribution < 1.29 is 4.79 Å². The van der Waals surface area contributed by atoms with Crippen LogP contribution in [0.2, 0.25) is 0 Å². The minimum atomic E-state index is -0.286. The van der Waals surface area contributed by atoms with E-state index in [1.54, 1.807) is 0 Å². The highest BCUT2D eigenvalue weighted by Gasteiger charge is 2.47. The van der Waals surface area contributed by atoms with Crippen LogP contribution in [0, 0.1) is 17.3 Å². The van der Waals surface area contributed by atoms with Gasteiger partial charge in [-0.25, -0.2) is 0 Å². The van der Waals surface area contributed by atoms with Gasteiger partial charge in [0.1, 0.15) is 0 Å². The van der Waals surface area contributed by atoms with E-state index in [1.165, 1.54) is 0 Å². The first-order chi connectivity index (χ1) is 7.77. The highest BCUT2D eigenvalue weighted by molar-refractivity contribution is 5.90. The molecule has 0 spiro atoms. The van der Waals surface area contributed by atoms with Crippen LogP contribution in [0.25, 0.3) is 0 Å². The van der Waals surface area contributed by atoms with Crippen molar-refractivity contribution in [2.24, 2.45) is 5.41 Å². The molecule has 1 aromatic carbocycles. The fourth-order valence-corrected chi connectivity index (χ4v) is 1.78. The van der Waals surface area contributed by atoms with E-state index in [4.69, 9.17) is 0 Å². The molecule has 1 aliphatic rings. The Kier molecular flexibility index (Phi) is 3.10. The maximum absolute atomic E-state index is 11.8. The van der Waals surface area contributed by atoms with Crippen molar-refractivity contribution in [3.05, 3.63) is 35.9 Å². The van der Waals surface area contributed by atoms with Crippen LogP contribution in [0.1, 0.15) is 38.2 Å². The predicted molar refractivity (Wildman–Crippen MR) is 64.9 cm³/mol. The maximum Gasteiger partial charge on any atom is 0.150 e. The van der Waals surface area contributed by atoms with Crippen LogP contribution in [0.15, 0.2) is 30.3 Å². The van der Waals surface area contributed by atoms with E-state index in [1.807, 2.05) is 37.3 Å². The highest BCUT2D eigenvalue weighted by Crippen LogP contribution is 2.46. The Balaban J connectivity index is 2.10. The molecule has 0 amide bonds. The smallest absolute Gasteiger partial charge is 0.150 e. The second-order valence-corrected chi connectivity index (χ2v) is 4.37. The molecular formula is C15H16O. The molecule has 1 aromatic rings. The van der Waals surface area contributed by atoms with Crippen molar-refractivity contribution >= 4 is 5.78 Å². The van der Waals surface area contributed by atoms with Crippen molar-refractivity contribution in [3.8, 4) is 11.8 Å². The molecule has 82 valence electrons. The van der Waals surface area contributed by atoms with Crippen molar-refractivity contribution in [2.45, 2.75) is 32.6 Å². The molecule has 0 heterocycles. The Morgan fingerprint density at radius 2 is 2.00 bits per heavy atom. The number of Topliss-reactive ketones (excluding diaryl/α,β-unsaturated/α-hetero) is 1. The number of hydrogen-bond acceptors (Lipinski definition) is 1. The normalized spacial score (nSPS) is 16.1. The van der Waals surface area contributed by atoms with E-state index in [2.05, 4.69) is 11.8 Å². The third-order valence-corrected chi connectivity index (χ3v) is 2.98. The van der Waals surface area contributed by atoms with Gasteiger partial charge in [0, 0.05) is 12.0 Å². The van der Waals surface area contributed by atoms with Gasteiger partial charge in [-0.2, -0.15) is 0 Å². The molecule has 0 atom stereocenters. The summed E-state index contributed by atoms with van der Waals surface area (Å²) >= 11 is 0. The Morgan fingerprint density at radius 1 is 1.31 bits per heavy atom. The Labute approximate surface area is 96.9 Å². The molecule has 0 unspecified atom stereocenters. The second kappa shape index (κ2) is 4.53. The van der Waals surface area contributed by atoms with Gasteiger partial charge in [-0.05, 0) is 31.4 Å². The van der Waals surface area contributed by atoms with E-state index < -0.39 is 0 Å². The third-order valence-electron chi connectivity index (χ3n) is 2.98. The molecule has 1 heteroatoms. The zero-order valence-electron chi connectivity index (χ0n) is 9.62. The molecule has 0 aromatic heterocycles. The van der Waals surface area contributed by atoms with Crippen molar-refractivity contribution in [3.63, 3.8) is 0 Å². The molecule has 0 radical (unpaired) electrons. The molecule has 1 fully saturated rings. The first kappa shape index (κ1) is 11.0. The van der Waals surface area contributed by atoms with Crippen LogP contribution in [0.4, 0.5) is 0 Å². The quantitative estimate of drug-likeness (QED) is 0.703. The molecule has 1 aliphatic carbocycles. The summed E-state index contributed by atoms with van der Waals surface area (Å²) in [6.07, 6.45) is 3.49. The van der Waals surface area contributed by atoms with Gasteiger partial charge in [-0.1, -0.05) is 37.0 Å². The molecular weight excluding hydrogens is 196 g/mol. The SMILES string of the molecule is CCCC(=O)C1(C#Cc2ccccc2)CC1. The van der Waals surface area contributed by atoms with Crippen LogP contribution >= 0.6 is 0 Å². The lowest BCUT2D eigenvalue weighted by Gasteiger charge is -2.04. The molecule has 1 saturated carbocycles. The predicted octanol–water partition coefficient (Wildman–Crippen LogP) is 3.19. The zero-order chi connectivity index (χ0) is 11.4. The number of carbonyl (C=O) groups is 1. The number of benzene rings is 1. The fourth-order valence-electron chi connectivity index (χ4n) is 1.78. The average Bonchev–Trinajstić information content (AvgIpc) is 3.09. The minimum absolute atomic E-state index is 0.286. The summed E-state index contributed by atoms with van der Waals surface area (Å²) in [5.41, 5.74) is 0.712. The van der Waals surface area contributed by atoms with Gasteiger partial charge in [0.2, 0.25) is 0 Å². The lowest BCUT2D eigenvalue weighted by atomic mass is 9.97. The van der Waals surface area contributed by atoms with Crippen molar-refractivity contribution in [2.75, 3.05) is 0 Å². The summed E-state index contributed by atoms with van der Waals surface area (Å²) in [6.45, 7) is 2.04. The molecule has 0 N–H and O–H groups in total. The number of ketones is 1. The van der Waals surface area contributed by atoms with Gasteiger partial charge in [0.15, 0.2) is 5.78 Å². The number of rotatable bonds is 3. The highest BCUT2D eigenvalue weighted by atomic mass is 16.1. The summed E-state index contributed by atoms with van der Waals surface area (Å²) in [4.78, 5) is 11.8. The maximum atomic E-state index is 11.8. The van der Waals surface area contributed by atoms with Crippen LogP contribution in [0.3, 0.4) is 0 Å². The molecule has 2 rings (SSSR count). The van der Waals surface area contributed by atoms with Gasteiger partial charge in [-0.3, -0.25) is 4.79 Å². The largest absolute Gasteiger partial charge is 0.298 e. The summed E-state index contributed by atoms with van der Waals surface area (Å²) in [5, 5.41) is 0. The standard InChI is InChI=1S/C15H16O/c1-2-6-14(16)15(11-12-15)10-9-13-7-4-3-5-8-13/h3-5,7-8H,2,6,11-12H2,1H3. The monoisotopic (exact) mass is 212 g/mol. The number of carbonyl (C=O) groups excluding carboxylic acids is 1. The summed E-state index contributed by atoms with van der Waals surface area (Å²) in [6, 6.07) is 9.87. The lowest BCUT2D eigenvalue weighted by molar-refractivity contribution is -0.122. The van der Waals surface area contributed by atoms with Gasteiger partial charge in [-0.15, -0.1) is 0 Å². The lowest BCUT2D eigenvalue weighted by Crippen LogP contribution is -2.12.